The number of hydrogen-bond donors (Lipinski definition) is 20. The van der Waals surface area contributed by atoms with Crippen molar-refractivity contribution in [1.29, 1.82) is 0 Å². The topological polar surface area (TPSA) is 597 Å². The molecule has 38 heteroatoms. The average Bonchev–Trinajstić information content (AvgIpc) is 1.45. The van der Waals surface area contributed by atoms with Gasteiger partial charge >= 0.3 is 47.9 Å². The highest BCUT2D eigenvalue weighted by atomic mass is 16.4. The number of ketones is 6. The number of amides is 8. The van der Waals surface area contributed by atoms with Gasteiger partial charge in [0.2, 0.25) is 23.6 Å². The third-order valence-electron chi connectivity index (χ3n) is 26.1. The summed E-state index contributed by atoms with van der Waals surface area (Å²) < 4.78 is 0. The largest absolute Gasteiger partial charge is 0.481 e. The normalized spacial score (nSPS) is 16.8. The molecular weight excluding hydrogens is 1850 g/mol. The standard InChI is InChI=1S/C106H156N14O24/c121-81(65-79(61-75-31-13-9-14-32-75)97(133)115-89(63-77-35-17-11-18-36-77)91(125)45-21-5-1-3-7-23-47-93(127)113-53-27-25-43-85(99(135)136)117-103(143)119-87(101(139)140)49-51-95(129)130)39-29-41-83(123)67-105-69-107-55-58-110-72-106(73-111-59-56-108-70-105,74-112-60-57-109-71-105)68-84(124)42-30-40-82(122)66-80(62-76-33-15-10-16-34-76)98(134)116-90(64-78-37-19-12-20-38-78)92(126)46-22-6-2-4-8-24-48-94(128)114-54-28-26-44-86(100(137)138)118-104(144)120-88(102(141)142)50-52-96(131)132/h9-20,31-38,79-80,85-90,107-112H,1-8,21-30,39-74H2,(H,113,127)(H,114,128)(H,115,133)(H,116,134)(H,129,130)(H,131,132)(H,135,136)(H,137,138)(H,139,140)(H,141,142)(H2,117,119,143)(H2,118,120,144)/t79-,80-,85-,86-,87-,88-,89+,90+,105?,106?/m0/s1. The van der Waals surface area contributed by atoms with Crippen LogP contribution in [0.5, 0.6) is 0 Å². The number of benzene rings is 4. The fourth-order valence-electron chi connectivity index (χ4n) is 18.0. The summed E-state index contributed by atoms with van der Waals surface area (Å²) in [5, 5.41) is 97.7. The summed E-state index contributed by atoms with van der Waals surface area (Å²) in [4.78, 5) is 233. The molecule has 0 aromatic heterocycles. The van der Waals surface area contributed by atoms with E-state index in [0.29, 0.717) is 143 Å². The summed E-state index contributed by atoms with van der Waals surface area (Å²) in [5.41, 5.74) is 2.33. The number of Topliss-reactive ketones (excluding diaryl/α,β-unsaturated/α-hetero) is 6. The van der Waals surface area contributed by atoms with Crippen LogP contribution in [0.3, 0.4) is 0 Å². The van der Waals surface area contributed by atoms with Gasteiger partial charge < -0.3 is 105 Å². The first-order valence-electron chi connectivity index (χ1n) is 51.4. The SMILES string of the molecule is O=C(O)CC[C@H](NC(=O)N[C@@H](CCCCNC(=O)CCCCCCCCC(=O)[C@@H](Cc1ccccc1)NC(=O)[C@H](CC(=O)CCCC(=O)CC12CNCCNCC(CC(=O)CCCC(=O)C[C@H](Cc3ccccc3)C(=O)N[C@H](Cc3ccccc3)C(=O)CCCCCCCCC(=O)NCCCC[C@H](NC(=O)N[C@@H](CCC(=O)O)C(=O)O)C(=O)O)(CNCCNC1)CNCCNC2)Cc1ccccc1)C(=O)O)C(=O)O. The molecule has 0 unspecified atom stereocenters. The van der Waals surface area contributed by atoms with E-state index in [1.54, 1.807) is 0 Å². The Hall–Kier alpha value is -12.1. The molecule has 4 aromatic rings. The second-order valence-electron chi connectivity index (χ2n) is 38.5. The molecule has 3 heterocycles. The predicted octanol–water partition coefficient (Wildman–Crippen LogP) is 7.97. The van der Waals surface area contributed by atoms with Crippen LogP contribution in [-0.4, -0.2) is 265 Å². The van der Waals surface area contributed by atoms with Crippen molar-refractivity contribution in [3.63, 3.8) is 0 Å². The Morgan fingerprint density at radius 3 is 0.812 bits per heavy atom. The first-order valence-corrected chi connectivity index (χ1v) is 51.4. The Balaban J connectivity index is 0.915. The van der Waals surface area contributed by atoms with Gasteiger partial charge in [-0.2, -0.15) is 0 Å². The molecule has 144 heavy (non-hydrogen) atoms. The van der Waals surface area contributed by atoms with Crippen molar-refractivity contribution in [3.05, 3.63) is 144 Å². The minimum Gasteiger partial charge on any atom is -0.481 e. The molecule has 7 rings (SSSR count). The van der Waals surface area contributed by atoms with Gasteiger partial charge in [-0.1, -0.05) is 173 Å². The maximum atomic E-state index is 14.6. The molecule has 794 valence electrons. The molecule has 3 aliphatic rings. The Morgan fingerprint density at radius 1 is 0.264 bits per heavy atom. The minimum absolute atomic E-state index is 0.00252. The monoisotopic (exact) mass is 2010 g/mol. The van der Waals surface area contributed by atoms with E-state index in [1.165, 1.54) is 0 Å². The highest BCUT2D eigenvalue weighted by Crippen LogP contribution is 2.28. The molecule has 0 spiro atoms. The molecule has 2 bridgehead atoms. The van der Waals surface area contributed by atoms with Gasteiger partial charge in [-0.15, -0.1) is 0 Å². The number of hydrogen-bond acceptors (Lipinski definition) is 24. The van der Waals surface area contributed by atoms with Gasteiger partial charge in [0.25, 0.3) is 0 Å². The molecule has 38 nitrogen and oxygen atoms in total. The van der Waals surface area contributed by atoms with Crippen LogP contribution in [0.2, 0.25) is 0 Å². The van der Waals surface area contributed by atoms with Crippen LogP contribution in [0, 0.1) is 22.7 Å². The number of aliphatic carboxylic acids is 6. The maximum absolute atomic E-state index is 14.6. The molecule has 8 atom stereocenters. The van der Waals surface area contributed by atoms with E-state index in [0.717, 1.165) is 73.6 Å². The molecular formula is C106H156N14O24. The number of fused-ring (bicyclic) bond motifs is 15. The molecule has 8 amide bonds. The van der Waals surface area contributed by atoms with Crippen molar-refractivity contribution in [3.8, 4) is 0 Å². The molecule has 0 radical (unpaired) electrons. The number of carboxylic acids is 6. The molecule has 3 fully saturated rings. The van der Waals surface area contributed by atoms with Crippen molar-refractivity contribution >= 4 is 106 Å². The second kappa shape index (κ2) is 69.8. The van der Waals surface area contributed by atoms with Crippen LogP contribution >= 0.6 is 0 Å². The number of carboxylic acid groups (broad SMARTS) is 6. The van der Waals surface area contributed by atoms with E-state index in [-0.39, 0.29) is 175 Å². The van der Waals surface area contributed by atoms with Gasteiger partial charge in [0, 0.05) is 204 Å². The van der Waals surface area contributed by atoms with E-state index in [2.05, 4.69) is 74.4 Å². The second-order valence-corrected chi connectivity index (χ2v) is 38.5. The Kier molecular flexibility index (Phi) is 58.4. The van der Waals surface area contributed by atoms with E-state index >= 15 is 0 Å². The Labute approximate surface area is 844 Å². The van der Waals surface area contributed by atoms with Crippen LogP contribution in [0.4, 0.5) is 9.59 Å². The fourth-order valence-corrected chi connectivity index (χ4v) is 18.0. The van der Waals surface area contributed by atoms with E-state index < -0.39 is 144 Å². The Bertz CT molecular complexity index is 4320. The molecule has 20 N–H and O–H groups in total. The molecule has 0 aliphatic carbocycles. The van der Waals surface area contributed by atoms with Crippen LogP contribution in [0.1, 0.15) is 253 Å². The number of urea groups is 2. The van der Waals surface area contributed by atoms with Crippen molar-refractivity contribution in [2.45, 2.75) is 293 Å². The lowest BCUT2D eigenvalue weighted by molar-refractivity contribution is -0.142. The van der Waals surface area contributed by atoms with E-state index in [1.807, 2.05) is 121 Å². The van der Waals surface area contributed by atoms with Gasteiger partial charge in [-0.05, 0) is 138 Å². The highest BCUT2D eigenvalue weighted by molar-refractivity contribution is 5.94. The zero-order chi connectivity index (χ0) is 105. The number of nitrogens with one attached hydrogen (secondary N) is 14. The van der Waals surface area contributed by atoms with Gasteiger partial charge in [0.15, 0.2) is 11.6 Å². The van der Waals surface area contributed by atoms with Gasteiger partial charge in [0.1, 0.15) is 47.3 Å². The summed E-state index contributed by atoms with van der Waals surface area (Å²) in [6.45, 7) is 6.95. The summed E-state index contributed by atoms with van der Waals surface area (Å²) in [6, 6.07) is 28.1. The lowest BCUT2D eigenvalue weighted by atomic mass is 9.80. The highest BCUT2D eigenvalue weighted by Gasteiger charge is 2.38. The quantitative estimate of drug-likeness (QED) is 0.0186. The molecule has 3 saturated heterocycles. The first-order chi connectivity index (χ1) is 69.3. The smallest absolute Gasteiger partial charge is 0.326 e. The summed E-state index contributed by atoms with van der Waals surface area (Å²) in [7, 11) is 0. The van der Waals surface area contributed by atoms with Gasteiger partial charge in [-0.25, -0.2) is 28.8 Å². The van der Waals surface area contributed by atoms with Crippen LogP contribution in [-0.2, 0) is 102 Å². The number of carbonyl (C=O) groups is 18. The van der Waals surface area contributed by atoms with Crippen molar-refractivity contribution < 1.29 is 117 Å². The predicted molar refractivity (Wildman–Crippen MR) is 540 cm³/mol. The van der Waals surface area contributed by atoms with E-state index in [4.69, 9.17) is 10.2 Å². The van der Waals surface area contributed by atoms with Crippen LogP contribution in [0.25, 0.3) is 0 Å². The zero-order valence-electron chi connectivity index (χ0n) is 83.4. The lowest BCUT2D eigenvalue weighted by Gasteiger charge is -2.37. The molecule has 4 aromatic carbocycles. The third kappa shape index (κ3) is 52.4. The summed E-state index contributed by atoms with van der Waals surface area (Å²) in [5.74, 6) is -11.4. The first kappa shape index (κ1) is 121. The summed E-state index contributed by atoms with van der Waals surface area (Å²) in [6.07, 6.45) is 11.7. The zero-order valence-corrected chi connectivity index (χ0v) is 83.4. The van der Waals surface area contributed by atoms with Gasteiger partial charge in [0.05, 0.1) is 12.1 Å². The van der Waals surface area contributed by atoms with Crippen molar-refractivity contribution in [2.24, 2.45) is 22.7 Å². The lowest BCUT2D eigenvalue weighted by Crippen LogP contribution is -2.55. The summed E-state index contributed by atoms with van der Waals surface area (Å²) >= 11 is 0. The van der Waals surface area contributed by atoms with E-state index in [9.17, 15) is 107 Å². The van der Waals surface area contributed by atoms with Crippen LogP contribution in [0.15, 0.2) is 121 Å². The minimum atomic E-state index is -1.53. The molecule has 3 aliphatic heterocycles. The average molecular weight is 2010 g/mol. The fraction of sp³-hybridized carbons (Fsp3) is 0.604. The number of unbranched alkanes of at least 4 members (excludes halogenated alkanes) is 12. The number of carbonyl (C=O) groups excluding carboxylic acids is 12. The third-order valence-corrected chi connectivity index (χ3v) is 26.1. The van der Waals surface area contributed by atoms with Gasteiger partial charge in [-0.3, -0.25) is 57.5 Å². The van der Waals surface area contributed by atoms with Crippen LogP contribution < -0.4 is 74.4 Å². The van der Waals surface area contributed by atoms with Crippen molar-refractivity contribution in [2.75, 3.05) is 91.6 Å². The van der Waals surface area contributed by atoms with Crippen molar-refractivity contribution in [1.82, 2.24) is 74.4 Å². The molecule has 0 saturated carbocycles. The maximum Gasteiger partial charge on any atom is 0.326 e. The number of rotatable bonds is 72. The Morgan fingerprint density at radius 2 is 0.528 bits per heavy atom.